The summed E-state index contributed by atoms with van der Waals surface area (Å²) >= 11 is 0. The largest absolute Gasteiger partial charge is 0.478 e. The summed E-state index contributed by atoms with van der Waals surface area (Å²) in [5, 5.41) is 9.41. The molecule has 3 atom stereocenters. The van der Waals surface area contributed by atoms with E-state index in [9.17, 15) is 14.7 Å². The molecule has 0 spiro atoms. The Bertz CT molecular complexity index is 490. The number of aliphatic carboxylic acids is 1. The molecular weight excluding hydrogens is 258 g/mol. The van der Waals surface area contributed by atoms with E-state index in [4.69, 9.17) is 4.74 Å². The van der Waals surface area contributed by atoms with E-state index < -0.39 is 11.7 Å². The van der Waals surface area contributed by atoms with Gasteiger partial charge >= 0.3 is 5.97 Å². The summed E-state index contributed by atoms with van der Waals surface area (Å²) in [5.74, 6) is -1.02. The maximum absolute atomic E-state index is 11.5. The van der Waals surface area contributed by atoms with Gasteiger partial charge in [0.05, 0.1) is 0 Å². The molecule has 0 amide bonds. The summed E-state index contributed by atoms with van der Waals surface area (Å²) in [6.07, 6.45) is 1.47. The number of ether oxygens (including phenoxy) is 1. The first-order chi connectivity index (χ1) is 9.50. The van der Waals surface area contributed by atoms with Gasteiger partial charge in [-0.2, -0.15) is 0 Å². The molecule has 0 aliphatic carbocycles. The maximum Gasteiger partial charge on any atom is 0.351 e. The van der Waals surface area contributed by atoms with Crippen LogP contribution in [0.5, 0.6) is 0 Å². The van der Waals surface area contributed by atoms with Crippen molar-refractivity contribution >= 4 is 12.3 Å². The van der Waals surface area contributed by atoms with Crippen LogP contribution in [0, 0.1) is 0 Å². The maximum atomic E-state index is 11.5. The molecule has 1 heterocycles. The fraction of sp³-hybridized carbons (Fsp3) is 0.467. The Kier molecular flexibility index (Phi) is 4.20. The van der Waals surface area contributed by atoms with Crippen LogP contribution in [0.2, 0.25) is 0 Å². The Hall–Kier alpha value is -1.72. The molecule has 5 heteroatoms. The fourth-order valence-corrected chi connectivity index (χ4v) is 2.65. The second-order valence-corrected chi connectivity index (χ2v) is 5.16. The topological polar surface area (TPSA) is 66.8 Å². The van der Waals surface area contributed by atoms with Gasteiger partial charge in [-0.3, -0.25) is 4.90 Å². The molecule has 1 aliphatic rings. The molecule has 1 N–H and O–H groups in total. The standard InChI is InChI=1S/C15H19NO4/c1-15(14(18)19)16(2)12(9-6-10-17)13(20-15)11-7-4-3-5-8-11/h3-5,7-8,10,12-13H,6,9H2,1-2H3,(H,18,19). The monoisotopic (exact) mass is 277 g/mol. The van der Waals surface area contributed by atoms with Crippen LogP contribution in [0.1, 0.15) is 31.4 Å². The number of nitrogens with zero attached hydrogens (tertiary/aromatic N) is 1. The molecular formula is C15H19NO4. The van der Waals surface area contributed by atoms with Crippen molar-refractivity contribution in [3.63, 3.8) is 0 Å². The number of hydrogen-bond acceptors (Lipinski definition) is 4. The number of benzene rings is 1. The molecule has 5 nitrogen and oxygen atoms in total. The molecule has 0 aromatic heterocycles. The summed E-state index contributed by atoms with van der Waals surface area (Å²) in [6, 6.07) is 9.39. The van der Waals surface area contributed by atoms with Crippen molar-refractivity contribution in [3.8, 4) is 0 Å². The van der Waals surface area contributed by atoms with Crippen LogP contribution in [-0.2, 0) is 14.3 Å². The van der Waals surface area contributed by atoms with Gasteiger partial charge in [0.15, 0.2) is 0 Å². The number of rotatable bonds is 5. The zero-order valence-corrected chi connectivity index (χ0v) is 11.7. The van der Waals surface area contributed by atoms with Crippen LogP contribution in [-0.4, -0.2) is 41.1 Å². The first kappa shape index (κ1) is 14.7. The number of carbonyl (C=O) groups is 2. The summed E-state index contributed by atoms with van der Waals surface area (Å²) in [5.41, 5.74) is -0.436. The molecule has 0 radical (unpaired) electrons. The highest BCUT2D eigenvalue weighted by Crippen LogP contribution is 2.41. The molecule has 1 aromatic rings. The van der Waals surface area contributed by atoms with E-state index in [2.05, 4.69) is 0 Å². The molecule has 108 valence electrons. The minimum absolute atomic E-state index is 0.135. The quantitative estimate of drug-likeness (QED) is 0.832. The molecule has 20 heavy (non-hydrogen) atoms. The van der Waals surface area contributed by atoms with Crippen LogP contribution in [0.25, 0.3) is 0 Å². The molecule has 1 aliphatic heterocycles. The molecule has 2 rings (SSSR count). The van der Waals surface area contributed by atoms with Crippen molar-refractivity contribution in [2.75, 3.05) is 7.05 Å². The van der Waals surface area contributed by atoms with Gasteiger partial charge in [-0.15, -0.1) is 0 Å². The van der Waals surface area contributed by atoms with E-state index in [1.54, 1.807) is 18.9 Å². The van der Waals surface area contributed by atoms with E-state index in [0.717, 1.165) is 11.8 Å². The normalized spacial score (nSPS) is 30.3. The van der Waals surface area contributed by atoms with Crippen molar-refractivity contribution in [1.82, 2.24) is 4.90 Å². The molecule has 1 aromatic carbocycles. The van der Waals surface area contributed by atoms with E-state index in [-0.39, 0.29) is 12.1 Å². The van der Waals surface area contributed by atoms with Gasteiger partial charge in [0, 0.05) is 12.5 Å². The lowest BCUT2D eigenvalue weighted by Gasteiger charge is -2.28. The number of aldehydes is 1. The highest BCUT2D eigenvalue weighted by molar-refractivity contribution is 5.77. The van der Waals surface area contributed by atoms with Gasteiger partial charge in [0.1, 0.15) is 12.4 Å². The smallest absolute Gasteiger partial charge is 0.351 e. The van der Waals surface area contributed by atoms with Crippen LogP contribution < -0.4 is 0 Å². The number of likely N-dealkylation sites (N-methyl/N-ethyl adjacent to an activating group) is 1. The minimum atomic E-state index is -1.37. The van der Waals surface area contributed by atoms with Gasteiger partial charge in [0.25, 0.3) is 0 Å². The first-order valence-electron chi connectivity index (χ1n) is 6.63. The summed E-state index contributed by atoms with van der Waals surface area (Å²) in [4.78, 5) is 23.8. The average Bonchev–Trinajstić information content (AvgIpc) is 2.71. The van der Waals surface area contributed by atoms with Crippen LogP contribution in [0.4, 0.5) is 0 Å². The van der Waals surface area contributed by atoms with Crippen molar-refractivity contribution in [2.45, 2.75) is 37.6 Å². The zero-order chi connectivity index (χ0) is 14.8. The van der Waals surface area contributed by atoms with Crippen molar-refractivity contribution in [2.24, 2.45) is 0 Å². The number of carboxylic acid groups (broad SMARTS) is 1. The second-order valence-electron chi connectivity index (χ2n) is 5.16. The third-order valence-electron chi connectivity index (χ3n) is 3.98. The van der Waals surface area contributed by atoms with Crippen molar-refractivity contribution < 1.29 is 19.4 Å². The van der Waals surface area contributed by atoms with Gasteiger partial charge in [-0.05, 0) is 26.0 Å². The molecule has 1 fully saturated rings. The molecule has 0 bridgehead atoms. The van der Waals surface area contributed by atoms with E-state index in [0.29, 0.717) is 12.8 Å². The summed E-state index contributed by atoms with van der Waals surface area (Å²) in [6.45, 7) is 1.55. The van der Waals surface area contributed by atoms with Gasteiger partial charge < -0.3 is 14.6 Å². The van der Waals surface area contributed by atoms with E-state index in [1.165, 1.54) is 0 Å². The first-order valence-corrected chi connectivity index (χ1v) is 6.63. The SMILES string of the molecule is CN1C(CCC=O)C(c2ccccc2)OC1(C)C(=O)O. The fourth-order valence-electron chi connectivity index (χ4n) is 2.65. The van der Waals surface area contributed by atoms with E-state index in [1.807, 2.05) is 30.3 Å². The summed E-state index contributed by atoms with van der Waals surface area (Å²) < 4.78 is 5.83. The predicted molar refractivity (Wildman–Crippen MR) is 73.2 cm³/mol. The molecule has 0 saturated carbocycles. The van der Waals surface area contributed by atoms with Crippen molar-refractivity contribution in [3.05, 3.63) is 35.9 Å². The third kappa shape index (κ3) is 2.46. The Morgan fingerprint density at radius 1 is 1.45 bits per heavy atom. The van der Waals surface area contributed by atoms with Crippen LogP contribution in [0.3, 0.4) is 0 Å². The Labute approximate surface area is 118 Å². The minimum Gasteiger partial charge on any atom is -0.478 e. The number of hydrogen-bond donors (Lipinski definition) is 1. The second kappa shape index (κ2) is 5.73. The molecule has 1 saturated heterocycles. The summed E-state index contributed by atoms with van der Waals surface area (Å²) in [7, 11) is 1.73. The third-order valence-corrected chi connectivity index (χ3v) is 3.98. The number of carbonyl (C=O) groups excluding carboxylic acids is 1. The lowest BCUT2D eigenvalue weighted by atomic mass is 9.98. The van der Waals surface area contributed by atoms with Crippen LogP contribution >= 0.6 is 0 Å². The van der Waals surface area contributed by atoms with Gasteiger partial charge in [-0.25, -0.2) is 4.79 Å². The highest BCUT2D eigenvalue weighted by atomic mass is 16.6. The zero-order valence-electron chi connectivity index (χ0n) is 11.7. The van der Waals surface area contributed by atoms with Crippen LogP contribution in [0.15, 0.2) is 30.3 Å². The van der Waals surface area contributed by atoms with Gasteiger partial charge in [0.2, 0.25) is 5.72 Å². The Morgan fingerprint density at radius 3 is 2.65 bits per heavy atom. The predicted octanol–water partition coefficient (Wildman–Crippen LogP) is 1.84. The average molecular weight is 277 g/mol. The van der Waals surface area contributed by atoms with E-state index >= 15 is 0 Å². The number of carboxylic acids is 1. The Balaban J connectivity index is 2.33. The van der Waals surface area contributed by atoms with Gasteiger partial charge in [-0.1, -0.05) is 30.3 Å². The molecule has 3 unspecified atom stereocenters. The van der Waals surface area contributed by atoms with Crippen molar-refractivity contribution in [1.29, 1.82) is 0 Å². The lowest BCUT2D eigenvalue weighted by molar-refractivity contribution is -0.175. The Morgan fingerprint density at radius 2 is 2.10 bits per heavy atom. The lowest BCUT2D eigenvalue weighted by Crippen LogP contribution is -2.49. The highest BCUT2D eigenvalue weighted by Gasteiger charge is 2.53.